The summed E-state index contributed by atoms with van der Waals surface area (Å²) in [5.41, 5.74) is 1.97. The van der Waals surface area contributed by atoms with Crippen LogP contribution in [-0.2, 0) is 13.1 Å². The molecule has 0 fully saturated rings. The maximum Gasteiger partial charge on any atom is 0.0964 e. The molecule has 0 amide bonds. The molecular formula is C12H14Cl2N4. The molecule has 0 aliphatic rings. The second kappa shape index (κ2) is 6.18. The summed E-state index contributed by atoms with van der Waals surface area (Å²) < 4.78 is 1.78. The van der Waals surface area contributed by atoms with E-state index in [1.54, 1.807) is 10.7 Å². The first kappa shape index (κ1) is 13.3. The summed E-state index contributed by atoms with van der Waals surface area (Å²) in [4.78, 5) is 0. The highest BCUT2D eigenvalue weighted by atomic mass is 35.5. The predicted octanol–water partition coefficient (Wildman–Crippen LogP) is 2.74. The first-order valence-electron chi connectivity index (χ1n) is 5.72. The van der Waals surface area contributed by atoms with E-state index in [-0.39, 0.29) is 0 Å². The minimum Gasteiger partial charge on any atom is -0.311 e. The van der Waals surface area contributed by atoms with Crippen LogP contribution in [0.5, 0.6) is 0 Å². The zero-order chi connectivity index (χ0) is 13.0. The third kappa shape index (κ3) is 3.45. The monoisotopic (exact) mass is 284 g/mol. The lowest BCUT2D eigenvalue weighted by Crippen LogP contribution is -2.11. The fourth-order valence-electron chi connectivity index (χ4n) is 1.57. The van der Waals surface area contributed by atoms with E-state index in [1.165, 1.54) is 0 Å². The largest absolute Gasteiger partial charge is 0.311 e. The van der Waals surface area contributed by atoms with Crippen LogP contribution in [0.1, 0.15) is 18.2 Å². The Balaban J connectivity index is 2.04. The standard InChI is InChI=1S/C12H14Cl2N4/c1-2-15-6-10-8-18(17-16-10)7-9-3-4-11(13)12(14)5-9/h3-5,8,15H,2,6-7H2,1H3. The van der Waals surface area contributed by atoms with Gasteiger partial charge in [0, 0.05) is 6.54 Å². The van der Waals surface area contributed by atoms with E-state index in [9.17, 15) is 0 Å². The van der Waals surface area contributed by atoms with Gasteiger partial charge in [-0.3, -0.25) is 0 Å². The molecule has 2 aromatic rings. The van der Waals surface area contributed by atoms with Crippen LogP contribution in [0.2, 0.25) is 10.0 Å². The van der Waals surface area contributed by atoms with E-state index in [2.05, 4.69) is 22.6 Å². The highest BCUT2D eigenvalue weighted by molar-refractivity contribution is 6.42. The lowest BCUT2D eigenvalue weighted by atomic mass is 10.2. The summed E-state index contributed by atoms with van der Waals surface area (Å²) in [6.45, 7) is 4.34. The summed E-state index contributed by atoms with van der Waals surface area (Å²) in [6.07, 6.45) is 1.92. The number of halogens is 2. The van der Waals surface area contributed by atoms with Crippen molar-refractivity contribution in [2.24, 2.45) is 0 Å². The Morgan fingerprint density at radius 3 is 2.83 bits per heavy atom. The third-order valence-corrected chi connectivity index (χ3v) is 3.21. The molecule has 96 valence electrons. The van der Waals surface area contributed by atoms with Crippen LogP contribution >= 0.6 is 23.2 Å². The van der Waals surface area contributed by atoms with Crippen LogP contribution < -0.4 is 5.32 Å². The summed E-state index contributed by atoms with van der Waals surface area (Å²) in [5.74, 6) is 0. The van der Waals surface area contributed by atoms with Gasteiger partial charge in [0.15, 0.2) is 0 Å². The Morgan fingerprint density at radius 2 is 2.11 bits per heavy atom. The Labute approximate surface area is 116 Å². The Kier molecular flexibility index (Phi) is 4.58. The van der Waals surface area contributed by atoms with E-state index in [0.29, 0.717) is 16.6 Å². The van der Waals surface area contributed by atoms with Crippen molar-refractivity contribution in [2.45, 2.75) is 20.0 Å². The van der Waals surface area contributed by atoms with Crippen molar-refractivity contribution >= 4 is 23.2 Å². The van der Waals surface area contributed by atoms with Crippen LogP contribution in [0.15, 0.2) is 24.4 Å². The molecule has 0 atom stereocenters. The maximum atomic E-state index is 5.97. The molecule has 0 saturated carbocycles. The molecule has 1 N–H and O–H groups in total. The Bertz CT molecular complexity index is 525. The highest BCUT2D eigenvalue weighted by Gasteiger charge is 2.03. The van der Waals surface area contributed by atoms with Gasteiger partial charge < -0.3 is 5.32 Å². The molecule has 2 rings (SSSR count). The smallest absolute Gasteiger partial charge is 0.0964 e. The summed E-state index contributed by atoms with van der Waals surface area (Å²) in [5, 5.41) is 12.5. The molecule has 0 unspecified atom stereocenters. The normalized spacial score (nSPS) is 10.8. The van der Waals surface area contributed by atoms with Gasteiger partial charge in [-0.2, -0.15) is 0 Å². The van der Waals surface area contributed by atoms with Crippen molar-refractivity contribution in [1.29, 1.82) is 0 Å². The van der Waals surface area contributed by atoms with E-state index in [0.717, 1.165) is 24.3 Å². The van der Waals surface area contributed by atoms with Gasteiger partial charge in [0.05, 0.1) is 28.5 Å². The van der Waals surface area contributed by atoms with E-state index in [4.69, 9.17) is 23.2 Å². The summed E-state index contributed by atoms with van der Waals surface area (Å²) in [6, 6.07) is 5.56. The number of rotatable bonds is 5. The lowest BCUT2D eigenvalue weighted by molar-refractivity contribution is 0.648. The SMILES string of the molecule is CCNCc1cn(Cc2ccc(Cl)c(Cl)c2)nn1. The van der Waals surface area contributed by atoms with Crippen molar-refractivity contribution in [3.8, 4) is 0 Å². The van der Waals surface area contributed by atoms with Crippen molar-refractivity contribution in [1.82, 2.24) is 20.3 Å². The van der Waals surface area contributed by atoms with Crippen LogP contribution in [-0.4, -0.2) is 21.5 Å². The van der Waals surface area contributed by atoms with Gasteiger partial charge in [-0.25, -0.2) is 4.68 Å². The molecule has 4 nitrogen and oxygen atoms in total. The maximum absolute atomic E-state index is 5.97. The minimum atomic E-state index is 0.558. The van der Waals surface area contributed by atoms with Gasteiger partial charge in [0.25, 0.3) is 0 Å². The van der Waals surface area contributed by atoms with Crippen LogP contribution in [0, 0.1) is 0 Å². The number of hydrogen-bond donors (Lipinski definition) is 1. The average molecular weight is 285 g/mol. The number of nitrogens with zero attached hydrogens (tertiary/aromatic N) is 3. The zero-order valence-electron chi connectivity index (χ0n) is 10.0. The van der Waals surface area contributed by atoms with Gasteiger partial charge in [0.2, 0.25) is 0 Å². The van der Waals surface area contributed by atoms with Gasteiger partial charge in [0.1, 0.15) is 0 Å². The van der Waals surface area contributed by atoms with Crippen molar-refractivity contribution in [3.63, 3.8) is 0 Å². The molecule has 1 aromatic heterocycles. The van der Waals surface area contributed by atoms with Gasteiger partial charge >= 0.3 is 0 Å². The molecular weight excluding hydrogens is 271 g/mol. The van der Waals surface area contributed by atoms with Crippen molar-refractivity contribution in [2.75, 3.05) is 6.54 Å². The Hall–Kier alpha value is -1.10. The molecule has 0 spiro atoms. The molecule has 1 heterocycles. The first-order chi connectivity index (χ1) is 8.69. The van der Waals surface area contributed by atoms with Gasteiger partial charge in [-0.15, -0.1) is 5.10 Å². The molecule has 0 aliphatic heterocycles. The molecule has 6 heteroatoms. The zero-order valence-corrected chi connectivity index (χ0v) is 11.5. The minimum absolute atomic E-state index is 0.558. The number of benzene rings is 1. The van der Waals surface area contributed by atoms with Crippen LogP contribution in [0.3, 0.4) is 0 Å². The third-order valence-electron chi connectivity index (χ3n) is 2.47. The molecule has 0 radical (unpaired) electrons. The quantitative estimate of drug-likeness (QED) is 0.918. The fraction of sp³-hybridized carbons (Fsp3) is 0.333. The molecule has 0 saturated heterocycles. The lowest BCUT2D eigenvalue weighted by Gasteiger charge is -2.02. The fourth-order valence-corrected chi connectivity index (χ4v) is 1.90. The average Bonchev–Trinajstić information content (AvgIpc) is 2.79. The first-order valence-corrected chi connectivity index (χ1v) is 6.48. The van der Waals surface area contributed by atoms with Crippen LogP contribution in [0.25, 0.3) is 0 Å². The van der Waals surface area contributed by atoms with Crippen molar-refractivity contribution in [3.05, 3.63) is 45.7 Å². The van der Waals surface area contributed by atoms with E-state index >= 15 is 0 Å². The molecule has 1 aromatic carbocycles. The Morgan fingerprint density at radius 1 is 1.28 bits per heavy atom. The van der Waals surface area contributed by atoms with Crippen molar-refractivity contribution < 1.29 is 0 Å². The number of aromatic nitrogens is 3. The van der Waals surface area contributed by atoms with E-state index < -0.39 is 0 Å². The van der Waals surface area contributed by atoms with Gasteiger partial charge in [-0.05, 0) is 24.2 Å². The second-order valence-electron chi connectivity index (χ2n) is 3.94. The number of nitrogens with one attached hydrogen (secondary N) is 1. The van der Waals surface area contributed by atoms with Crippen LogP contribution in [0.4, 0.5) is 0 Å². The molecule has 0 bridgehead atoms. The predicted molar refractivity (Wildman–Crippen MR) is 73.0 cm³/mol. The number of hydrogen-bond acceptors (Lipinski definition) is 3. The van der Waals surface area contributed by atoms with Gasteiger partial charge in [-0.1, -0.05) is 41.4 Å². The second-order valence-corrected chi connectivity index (χ2v) is 4.75. The summed E-state index contributed by atoms with van der Waals surface area (Å²) >= 11 is 11.8. The van der Waals surface area contributed by atoms with E-state index in [1.807, 2.05) is 18.3 Å². The molecule has 0 aliphatic carbocycles. The topological polar surface area (TPSA) is 42.7 Å². The molecule has 18 heavy (non-hydrogen) atoms. The summed E-state index contributed by atoms with van der Waals surface area (Å²) in [7, 11) is 0. The highest BCUT2D eigenvalue weighted by Crippen LogP contribution is 2.22.